The fourth-order valence-corrected chi connectivity index (χ4v) is 2.97. The van der Waals surface area contributed by atoms with Crippen molar-refractivity contribution in [3.05, 3.63) is 29.3 Å². The SMILES string of the molecule is CC1COc2cc(C(=O)NO)ccc2CN1CC1CCC1. The van der Waals surface area contributed by atoms with E-state index < -0.39 is 5.91 Å². The van der Waals surface area contributed by atoms with E-state index in [0.717, 1.165) is 30.3 Å². The molecule has 1 fully saturated rings. The van der Waals surface area contributed by atoms with E-state index in [9.17, 15) is 4.79 Å². The summed E-state index contributed by atoms with van der Waals surface area (Å²) in [6, 6.07) is 5.73. The Hall–Kier alpha value is -1.59. The Morgan fingerprint density at radius 1 is 1.48 bits per heavy atom. The average Bonchev–Trinajstić information content (AvgIpc) is 2.61. The molecule has 0 saturated heterocycles. The Morgan fingerprint density at radius 3 is 2.95 bits per heavy atom. The summed E-state index contributed by atoms with van der Waals surface area (Å²) in [5.74, 6) is 1.07. The molecular weight excluding hydrogens is 268 g/mol. The lowest BCUT2D eigenvalue weighted by Crippen LogP contribution is -2.39. The van der Waals surface area contributed by atoms with E-state index in [1.54, 1.807) is 17.6 Å². The van der Waals surface area contributed by atoms with E-state index in [1.165, 1.54) is 19.3 Å². The molecule has 1 saturated carbocycles. The second kappa shape index (κ2) is 6.03. The minimum Gasteiger partial charge on any atom is -0.492 e. The molecule has 5 heteroatoms. The highest BCUT2D eigenvalue weighted by Crippen LogP contribution is 2.31. The zero-order chi connectivity index (χ0) is 14.8. The van der Waals surface area contributed by atoms with Gasteiger partial charge in [0.25, 0.3) is 5.91 Å². The summed E-state index contributed by atoms with van der Waals surface area (Å²) in [5, 5.41) is 8.72. The number of nitrogens with one attached hydrogen (secondary N) is 1. The third kappa shape index (κ3) is 3.04. The van der Waals surface area contributed by atoms with E-state index in [0.29, 0.717) is 18.2 Å². The molecule has 2 aliphatic rings. The van der Waals surface area contributed by atoms with Gasteiger partial charge in [-0.15, -0.1) is 0 Å². The number of hydrogen-bond donors (Lipinski definition) is 2. The van der Waals surface area contributed by atoms with Gasteiger partial charge in [0.1, 0.15) is 12.4 Å². The fourth-order valence-electron chi connectivity index (χ4n) is 2.97. The smallest absolute Gasteiger partial charge is 0.274 e. The van der Waals surface area contributed by atoms with Crippen LogP contribution in [0.5, 0.6) is 5.75 Å². The van der Waals surface area contributed by atoms with Gasteiger partial charge < -0.3 is 4.74 Å². The molecule has 1 unspecified atom stereocenters. The van der Waals surface area contributed by atoms with Gasteiger partial charge in [0.05, 0.1) is 0 Å². The first-order valence-electron chi connectivity index (χ1n) is 7.61. The Kier molecular flexibility index (Phi) is 4.12. The Bertz CT molecular complexity index is 528. The molecule has 1 aliphatic heterocycles. The maximum absolute atomic E-state index is 11.5. The van der Waals surface area contributed by atoms with Crippen LogP contribution in [0, 0.1) is 5.92 Å². The molecular formula is C16H22N2O3. The number of hydroxylamine groups is 1. The number of fused-ring (bicyclic) bond motifs is 1. The first-order valence-corrected chi connectivity index (χ1v) is 7.61. The van der Waals surface area contributed by atoms with Crippen molar-refractivity contribution < 1.29 is 14.7 Å². The number of ether oxygens (including phenoxy) is 1. The zero-order valence-corrected chi connectivity index (χ0v) is 12.3. The standard InChI is InChI=1S/C16H22N2O3/c1-11-10-21-15-7-13(16(19)17-20)5-6-14(15)9-18(11)8-12-3-2-4-12/h5-7,11-12,20H,2-4,8-10H2,1H3,(H,17,19). The molecule has 21 heavy (non-hydrogen) atoms. The summed E-state index contributed by atoms with van der Waals surface area (Å²) in [6.07, 6.45) is 4.04. The number of carbonyl (C=O) groups is 1. The first-order chi connectivity index (χ1) is 10.2. The van der Waals surface area contributed by atoms with Crippen molar-refractivity contribution in [3.8, 4) is 5.75 Å². The summed E-state index contributed by atoms with van der Waals surface area (Å²) >= 11 is 0. The van der Waals surface area contributed by atoms with Gasteiger partial charge in [-0.3, -0.25) is 14.9 Å². The molecule has 2 N–H and O–H groups in total. The Morgan fingerprint density at radius 2 is 2.29 bits per heavy atom. The Balaban J connectivity index is 1.78. The third-order valence-corrected chi connectivity index (χ3v) is 4.63. The van der Waals surface area contributed by atoms with Gasteiger partial charge in [0.2, 0.25) is 0 Å². The molecule has 5 nitrogen and oxygen atoms in total. The van der Waals surface area contributed by atoms with Crippen LogP contribution in [0.3, 0.4) is 0 Å². The first kappa shape index (κ1) is 14.4. The number of nitrogens with zero attached hydrogens (tertiary/aromatic N) is 1. The van der Waals surface area contributed by atoms with Crippen LogP contribution in [0.1, 0.15) is 42.1 Å². The number of benzene rings is 1. The van der Waals surface area contributed by atoms with Crippen LogP contribution in [-0.2, 0) is 6.54 Å². The minimum atomic E-state index is -0.509. The van der Waals surface area contributed by atoms with Crippen LogP contribution < -0.4 is 10.2 Å². The van der Waals surface area contributed by atoms with Crippen molar-refractivity contribution in [1.82, 2.24) is 10.4 Å². The quantitative estimate of drug-likeness (QED) is 0.662. The van der Waals surface area contributed by atoms with E-state index >= 15 is 0 Å². The normalized spacial score (nSPS) is 22.7. The van der Waals surface area contributed by atoms with Crippen LogP contribution in [0.15, 0.2) is 18.2 Å². The van der Waals surface area contributed by atoms with Gasteiger partial charge in [-0.05, 0) is 37.8 Å². The molecule has 1 heterocycles. The number of carbonyl (C=O) groups excluding carboxylic acids is 1. The molecule has 0 aromatic heterocycles. The second-order valence-corrected chi connectivity index (χ2v) is 6.15. The van der Waals surface area contributed by atoms with Gasteiger partial charge in [0.15, 0.2) is 0 Å². The third-order valence-electron chi connectivity index (χ3n) is 4.63. The van der Waals surface area contributed by atoms with Crippen LogP contribution in [0.4, 0.5) is 0 Å². The highest BCUT2D eigenvalue weighted by atomic mass is 16.5. The van der Waals surface area contributed by atoms with E-state index in [-0.39, 0.29) is 0 Å². The molecule has 1 amide bonds. The highest BCUT2D eigenvalue weighted by Gasteiger charge is 2.27. The van der Waals surface area contributed by atoms with Crippen LogP contribution >= 0.6 is 0 Å². The van der Waals surface area contributed by atoms with Crippen LogP contribution in [0.2, 0.25) is 0 Å². The molecule has 1 aliphatic carbocycles. The topological polar surface area (TPSA) is 61.8 Å². The lowest BCUT2D eigenvalue weighted by Gasteiger charge is -2.34. The molecule has 1 aromatic rings. The molecule has 0 bridgehead atoms. The van der Waals surface area contributed by atoms with E-state index in [4.69, 9.17) is 9.94 Å². The second-order valence-electron chi connectivity index (χ2n) is 6.15. The van der Waals surface area contributed by atoms with E-state index in [1.807, 2.05) is 6.07 Å². The molecule has 1 atom stereocenters. The van der Waals surface area contributed by atoms with Crippen molar-refractivity contribution in [2.45, 2.75) is 38.8 Å². The van der Waals surface area contributed by atoms with Crippen molar-refractivity contribution in [1.29, 1.82) is 0 Å². The number of hydrogen-bond acceptors (Lipinski definition) is 4. The van der Waals surface area contributed by atoms with Crippen molar-refractivity contribution in [3.63, 3.8) is 0 Å². The predicted octanol–water partition coefficient (Wildman–Crippen LogP) is 2.19. The van der Waals surface area contributed by atoms with Crippen molar-refractivity contribution in [2.24, 2.45) is 5.92 Å². The van der Waals surface area contributed by atoms with Gasteiger partial charge in [-0.25, -0.2) is 5.48 Å². The van der Waals surface area contributed by atoms with Crippen LogP contribution in [-0.4, -0.2) is 35.2 Å². The van der Waals surface area contributed by atoms with Gasteiger partial charge >= 0.3 is 0 Å². The largest absolute Gasteiger partial charge is 0.492 e. The highest BCUT2D eigenvalue weighted by molar-refractivity contribution is 5.93. The van der Waals surface area contributed by atoms with Crippen LogP contribution in [0.25, 0.3) is 0 Å². The van der Waals surface area contributed by atoms with Gasteiger partial charge in [0, 0.05) is 30.3 Å². The zero-order valence-electron chi connectivity index (χ0n) is 12.3. The van der Waals surface area contributed by atoms with Crippen molar-refractivity contribution in [2.75, 3.05) is 13.2 Å². The molecule has 114 valence electrons. The molecule has 3 rings (SSSR count). The summed E-state index contributed by atoms with van der Waals surface area (Å²) in [5.41, 5.74) is 3.18. The minimum absolute atomic E-state index is 0.369. The average molecular weight is 290 g/mol. The lowest BCUT2D eigenvalue weighted by atomic mass is 9.85. The lowest BCUT2D eigenvalue weighted by molar-refractivity contribution is 0.0706. The monoisotopic (exact) mass is 290 g/mol. The fraction of sp³-hybridized carbons (Fsp3) is 0.562. The molecule has 1 aromatic carbocycles. The number of amides is 1. The van der Waals surface area contributed by atoms with E-state index in [2.05, 4.69) is 11.8 Å². The maximum Gasteiger partial charge on any atom is 0.274 e. The molecule has 0 spiro atoms. The summed E-state index contributed by atoms with van der Waals surface area (Å²) in [6.45, 7) is 4.80. The van der Waals surface area contributed by atoms with Gasteiger partial charge in [-0.2, -0.15) is 0 Å². The summed E-state index contributed by atoms with van der Waals surface area (Å²) in [7, 11) is 0. The summed E-state index contributed by atoms with van der Waals surface area (Å²) < 4.78 is 5.86. The van der Waals surface area contributed by atoms with Gasteiger partial charge in [-0.1, -0.05) is 12.5 Å². The number of rotatable bonds is 3. The summed E-state index contributed by atoms with van der Waals surface area (Å²) in [4.78, 5) is 14.0. The molecule has 0 radical (unpaired) electrons. The predicted molar refractivity (Wildman–Crippen MR) is 78.4 cm³/mol. The van der Waals surface area contributed by atoms with Crippen molar-refractivity contribution >= 4 is 5.91 Å². The maximum atomic E-state index is 11.5. The Labute approximate surface area is 124 Å².